The van der Waals surface area contributed by atoms with Crippen LogP contribution in [0.3, 0.4) is 0 Å². The van der Waals surface area contributed by atoms with Crippen molar-refractivity contribution >= 4 is 47.2 Å². The summed E-state index contributed by atoms with van der Waals surface area (Å²) in [6, 6.07) is 4.28. The minimum absolute atomic E-state index is 0.152. The maximum Gasteiger partial charge on any atom is 0.312 e. The molecule has 7 amide bonds. The van der Waals surface area contributed by atoms with Gasteiger partial charge in [0.2, 0.25) is 17.7 Å². The number of imide groups is 1. The number of amides is 7. The smallest absolute Gasteiger partial charge is 0.312 e. The van der Waals surface area contributed by atoms with Crippen LogP contribution in [-0.2, 0) is 33.5 Å². The molecule has 0 aromatic heterocycles. The molecule has 6 N–H and O–H groups in total. The van der Waals surface area contributed by atoms with Crippen LogP contribution >= 0.6 is 0 Å². The molecule has 0 saturated heterocycles. The quantitative estimate of drug-likeness (QED) is 0.0857. The first-order chi connectivity index (χ1) is 21.8. The predicted molar refractivity (Wildman–Crippen MR) is 170 cm³/mol. The third-order valence-electron chi connectivity index (χ3n) is 7.29. The molecule has 46 heavy (non-hydrogen) atoms. The minimum Gasteiger partial charge on any atom is -0.458 e. The molecule has 0 radical (unpaired) electrons. The third kappa shape index (κ3) is 13.1. The second kappa shape index (κ2) is 18.9. The van der Waals surface area contributed by atoms with Crippen molar-refractivity contribution in [3.8, 4) is 0 Å². The molecule has 0 bridgehead atoms. The van der Waals surface area contributed by atoms with E-state index in [0.717, 1.165) is 10.5 Å². The van der Waals surface area contributed by atoms with E-state index in [2.05, 4.69) is 21.3 Å². The molecule has 1 heterocycles. The molecule has 14 nitrogen and oxygen atoms in total. The monoisotopic (exact) mass is 642 g/mol. The molecular formula is C32H46N6O8. The zero-order chi connectivity index (χ0) is 34.2. The fourth-order valence-electron chi connectivity index (χ4n) is 4.76. The number of carbonyl (C=O) groups excluding carboxylic acids is 7. The maximum atomic E-state index is 13.4. The van der Waals surface area contributed by atoms with Crippen molar-refractivity contribution in [2.24, 2.45) is 11.7 Å². The molecular weight excluding hydrogens is 596 g/mol. The molecule has 0 spiro atoms. The Balaban J connectivity index is 1.97. The average Bonchev–Trinajstić information content (AvgIpc) is 3.30. The number of urea groups is 1. The van der Waals surface area contributed by atoms with Gasteiger partial charge in [-0.25, -0.2) is 4.79 Å². The summed E-state index contributed by atoms with van der Waals surface area (Å²) in [4.78, 5) is 86.1. The first-order valence-corrected chi connectivity index (χ1v) is 15.5. The highest BCUT2D eigenvalue weighted by Gasteiger charge is 2.29. The van der Waals surface area contributed by atoms with Gasteiger partial charge in [-0.05, 0) is 62.6 Å². The predicted octanol–water partition coefficient (Wildman–Crippen LogP) is 2.20. The highest BCUT2D eigenvalue weighted by molar-refractivity contribution is 6.12. The number of nitrogens with two attached hydrogens (primary N) is 1. The normalized spacial score (nSPS) is 14.4. The van der Waals surface area contributed by atoms with Crippen molar-refractivity contribution in [3.63, 3.8) is 0 Å². The van der Waals surface area contributed by atoms with Gasteiger partial charge in [0.15, 0.2) is 0 Å². The van der Waals surface area contributed by atoms with Gasteiger partial charge in [0.25, 0.3) is 11.8 Å². The van der Waals surface area contributed by atoms with Crippen LogP contribution in [-0.4, -0.2) is 71.6 Å². The Morgan fingerprint density at radius 3 is 2.09 bits per heavy atom. The van der Waals surface area contributed by atoms with Gasteiger partial charge in [0, 0.05) is 44.3 Å². The van der Waals surface area contributed by atoms with E-state index in [1.807, 2.05) is 0 Å². The summed E-state index contributed by atoms with van der Waals surface area (Å²) < 4.78 is 5.18. The Kier molecular flexibility index (Phi) is 15.4. The van der Waals surface area contributed by atoms with Crippen molar-refractivity contribution < 1.29 is 38.3 Å². The summed E-state index contributed by atoms with van der Waals surface area (Å²) in [5.41, 5.74) is 6.33. The molecule has 1 aliphatic heterocycles. The van der Waals surface area contributed by atoms with E-state index >= 15 is 0 Å². The van der Waals surface area contributed by atoms with E-state index in [-0.39, 0.29) is 43.0 Å². The topological polar surface area (TPSA) is 206 Å². The molecule has 1 aromatic rings. The highest BCUT2D eigenvalue weighted by Crippen LogP contribution is 2.20. The minimum atomic E-state index is -0.940. The number of hydrogen-bond donors (Lipinski definition) is 5. The summed E-state index contributed by atoms with van der Waals surface area (Å²) in [6.07, 6.45) is 5.09. The lowest BCUT2D eigenvalue weighted by molar-refractivity contribution is -0.146. The molecule has 0 saturated carbocycles. The Labute approximate surface area is 269 Å². The fraction of sp³-hybridized carbons (Fsp3) is 0.531. The number of ether oxygens (including phenoxy) is 1. The number of primary amides is 1. The molecule has 0 aliphatic carbocycles. The van der Waals surface area contributed by atoms with Crippen LogP contribution < -0.4 is 27.0 Å². The number of hydrogen-bond acceptors (Lipinski definition) is 8. The molecule has 3 atom stereocenters. The first kappa shape index (κ1) is 37.4. The van der Waals surface area contributed by atoms with Crippen LogP contribution in [0.5, 0.6) is 0 Å². The number of carbonyl (C=O) groups is 7. The molecule has 252 valence electrons. The van der Waals surface area contributed by atoms with Gasteiger partial charge < -0.3 is 31.7 Å². The summed E-state index contributed by atoms with van der Waals surface area (Å²) in [6.45, 7) is 7.22. The van der Waals surface area contributed by atoms with E-state index in [0.29, 0.717) is 44.3 Å². The van der Waals surface area contributed by atoms with Crippen LogP contribution in [0.1, 0.15) is 84.3 Å². The lowest BCUT2D eigenvalue weighted by Crippen LogP contribution is -2.54. The van der Waals surface area contributed by atoms with Crippen molar-refractivity contribution in [3.05, 3.63) is 42.0 Å². The van der Waals surface area contributed by atoms with Gasteiger partial charge in [-0.2, -0.15) is 0 Å². The zero-order valence-corrected chi connectivity index (χ0v) is 26.9. The Bertz CT molecular complexity index is 1260. The van der Waals surface area contributed by atoms with Crippen molar-refractivity contribution in [1.29, 1.82) is 0 Å². The number of nitrogens with one attached hydrogen (secondary N) is 4. The number of esters is 1. The lowest BCUT2D eigenvalue weighted by atomic mass is 10.0. The van der Waals surface area contributed by atoms with Gasteiger partial charge in [-0.3, -0.25) is 33.7 Å². The second-order valence-electron chi connectivity index (χ2n) is 11.5. The van der Waals surface area contributed by atoms with Gasteiger partial charge in [0.05, 0.1) is 0 Å². The van der Waals surface area contributed by atoms with Crippen LogP contribution in [0.4, 0.5) is 10.5 Å². The summed E-state index contributed by atoms with van der Waals surface area (Å²) in [5.74, 6) is -2.67. The number of unbranched alkanes of at least 4 members (excludes halogenated alkanes) is 3. The zero-order valence-electron chi connectivity index (χ0n) is 26.9. The molecule has 2 rings (SSSR count). The van der Waals surface area contributed by atoms with Crippen LogP contribution in [0.2, 0.25) is 0 Å². The fourth-order valence-corrected chi connectivity index (χ4v) is 4.76. The van der Waals surface area contributed by atoms with Crippen LogP contribution in [0, 0.1) is 5.92 Å². The molecule has 0 fully saturated rings. The lowest BCUT2D eigenvalue weighted by Gasteiger charge is -2.25. The molecule has 1 aliphatic rings. The van der Waals surface area contributed by atoms with E-state index in [9.17, 15) is 33.6 Å². The highest BCUT2D eigenvalue weighted by atomic mass is 16.5. The van der Waals surface area contributed by atoms with Crippen molar-refractivity contribution in [2.45, 2.75) is 90.8 Å². The number of benzene rings is 1. The van der Waals surface area contributed by atoms with E-state index < -0.39 is 42.0 Å². The van der Waals surface area contributed by atoms with Gasteiger partial charge in [0.1, 0.15) is 18.2 Å². The van der Waals surface area contributed by atoms with E-state index in [1.54, 1.807) is 45.0 Å². The first-order valence-electron chi connectivity index (χ1n) is 15.5. The van der Waals surface area contributed by atoms with Crippen molar-refractivity contribution in [1.82, 2.24) is 20.9 Å². The number of rotatable bonds is 19. The van der Waals surface area contributed by atoms with Gasteiger partial charge in [-0.1, -0.05) is 32.4 Å². The number of anilines is 1. The number of nitrogens with zero attached hydrogens (tertiary/aromatic N) is 1. The largest absolute Gasteiger partial charge is 0.458 e. The Hall–Kier alpha value is -4.75. The average molecular weight is 643 g/mol. The van der Waals surface area contributed by atoms with E-state index in [1.165, 1.54) is 19.1 Å². The van der Waals surface area contributed by atoms with Crippen LogP contribution in [0.15, 0.2) is 36.4 Å². The van der Waals surface area contributed by atoms with E-state index in [4.69, 9.17) is 10.5 Å². The maximum absolute atomic E-state index is 13.4. The molecule has 14 heteroatoms. The third-order valence-corrected chi connectivity index (χ3v) is 7.29. The SMILES string of the molecule is CC(=O)OC(C)c1ccc(NC(=O)[C@H](CCCCNC(N)=O)NC(=O)C(NC(=O)CCCCCN2C(=O)C=CC2=O)C(C)C)cc1. The Morgan fingerprint density at radius 1 is 0.848 bits per heavy atom. The van der Waals surface area contributed by atoms with Crippen LogP contribution in [0.25, 0.3) is 0 Å². The van der Waals surface area contributed by atoms with Crippen molar-refractivity contribution in [2.75, 3.05) is 18.4 Å². The van der Waals surface area contributed by atoms with Gasteiger partial charge in [-0.15, -0.1) is 0 Å². The summed E-state index contributed by atoms with van der Waals surface area (Å²) in [5, 5.41) is 10.8. The van der Waals surface area contributed by atoms with Gasteiger partial charge >= 0.3 is 12.0 Å². The second-order valence-corrected chi connectivity index (χ2v) is 11.5. The Morgan fingerprint density at radius 2 is 1.50 bits per heavy atom. The molecule has 1 aromatic carbocycles. The molecule has 2 unspecified atom stereocenters. The summed E-state index contributed by atoms with van der Waals surface area (Å²) in [7, 11) is 0. The summed E-state index contributed by atoms with van der Waals surface area (Å²) >= 11 is 0. The standard InChI is InChI=1S/C32H46N6O8/c1-20(2)29(37-26(40)11-6-5-9-19-38-27(41)16-17-28(38)42)31(44)36-25(10-7-8-18-34-32(33)45)30(43)35-24-14-12-23(13-15-24)21(3)46-22(4)39/h12-17,20-21,25,29H,5-11,18-19H2,1-4H3,(H,35,43)(H,36,44)(H,37,40)(H3,33,34,45)/t21?,25-,29?/m0/s1.